The second-order valence-corrected chi connectivity index (χ2v) is 6.10. The van der Waals surface area contributed by atoms with Crippen molar-refractivity contribution in [3.63, 3.8) is 0 Å². The van der Waals surface area contributed by atoms with E-state index in [9.17, 15) is 10.1 Å². The van der Waals surface area contributed by atoms with Gasteiger partial charge in [0.1, 0.15) is 11.5 Å². The maximum absolute atomic E-state index is 11.4. The highest BCUT2D eigenvalue weighted by atomic mass is 16.7. The van der Waals surface area contributed by atoms with Gasteiger partial charge in [-0.15, -0.1) is 0 Å². The molecule has 0 bridgehead atoms. The molecule has 3 rings (SSSR count). The van der Waals surface area contributed by atoms with Gasteiger partial charge in [0.2, 0.25) is 0 Å². The van der Waals surface area contributed by atoms with Crippen LogP contribution in [0.4, 0.5) is 5.69 Å². The van der Waals surface area contributed by atoms with E-state index in [1.54, 1.807) is 13.2 Å². The summed E-state index contributed by atoms with van der Waals surface area (Å²) in [6.07, 6.45) is 2.52. The Morgan fingerprint density at radius 2 is 1.92 bits per heavy atom. The first-order valence-electron chi connectivity index (χ1n) is 8.18. The van der Waals surface area contributed by atoms with E-state index in [0.717, 1.165) is 30.6 Å². The molecule has 0 radical (unpaired) electrons. The molecule has 0 spiro atoms. The zero-order valence-corrected chi connectivity index (χ0v) is 14.4. The number of benzene rings is 2. The smallest absolute Gasteiger partial charge is 0.276 e. The Morgan fingerprint density at radius 3 is 2.64 bits per heavy atom. The van der Waals surface area contributed by atoms with E-state index in [4.69, 9.17) is 14.2 Å². The molecular weight excluding hydrogens is 322 g/mol. The lowest BCUT2D eigenvalue weighted by molar-refractivity contribution is -0.385. The van der Waals surface area contributed by atoms with Crippen molar-refractivity contribution in [3.05, 3.63) is 63.2 Å². The Bertz CT molecular complexity index is 774. The highest BCUT2D eigenvalue weighted by Gasteiger charge is 2.27. The molecule has 0 fully saturated rings. The summed E-state index contributed by atoms with van der Waals surface area (Å²) >= 11 is 0. The van der Waals surface area contributed by atoms with Gasteiger partial charge in [-0.1, -0.05) is 6.07 Å². The van der Waals surface area contributed by atoms with Crippen LogP contribution >= 0.6 is 0 Å². The van der Waals surface area contributed by atoms with Gasteiger partial charge < -0.3 is 14.2 Å². The first-order chi connectivity index (χ1) is 12.1. The largest absolute Gasteiger partial charge is 0.497 e. The number of nitro groups is 1. The van der Waals surface area contributed by atoms with Crippen molar-refractivity contribution in [2.75, 3.05) is 21.0 Å². The second-order valence-electron chi connectivity index (χ2n) is 6.10. The average Bonchev–Trinajstić information content (AvgIpc) is 2.65. The molecule has 0 N–H and O–H groups in total. The Morgan fingerprint density at radius 1 is 1.12 bits per heavy atom. The summed E-state index contributed by atoms with van der Waals surface area (Å²) in [5.41, 5.74) is 3.36. The molecule has 1 unspecified atom stereocenters. The van der Waals surface area contributed by atoms with Crippen LogP contribution in [0.25, 0.3) is 0 Å². The maximum atomic E-state index is 11.4. The predicted molar refractivity (Wildman–Crippen MR) is 93.4 cm³/mol. The number of hydrogen-bond acceptors (Lipinski definition) is 5. The fraction of sp³-hybridized carbons (Fsp3) is 0.368. The minimum absolute atomic E-state index is 0.129. The Labute approximate surface area is 146 Å². The fourth-order valence-corrected chi connectivity index (χ4v) is 3.37. The first-order valence-corrected chi connectivity index (χ1v) is 8.18. The Hall–Kier alpha value is -2.60. The number of ether oxygens (including phenoxy) is 3. The van der Waals surface area contributed by atoms with E-state index in [1.807, 2.05) is 24.3 Å². The van der Waals surface area contributed by atoms with E-state index in [1.165, 1.54) is 24.3 Å². The van der Waals surface area contributed by atoms with Gasteiger partial charge in [0.15, 0.2) is 6.79 Å². The van der Waals surface area contributed by atoms with Crippen molar-refractivity contribution in [2.45, 2.75) is 25.2 Å². The van der Waals surface area contributed by atoms with Crippen LogP contribution in [0.5, 0.6) is 11.5 Å². The molecule has 1 aliphatic rings. The van der Waals surface area contributed by atoms with Crippen molar-refractivity contribution < 1.29 is 19.1 Å². The highest BCUT2D eigenvalue weighted by molar-refractivity contribution is 5.49. The number of methoxy groups -OCH3 is 2. The van der Waals surface area contributed by atoms with Gasteiger partial charge in [0, 0.05) is 12.7 Å². The molecule has 1 atom stereocenters. The molecule has 0 aromatic heterocycles. The third kappa shape index (κ3) is 3.74. The van der Waals surface area contributed by atoms with Crippen LogP contribution in [0.15, 0.2) is 36.4 Å². The molecule has 0 saturated carbocycles. The van der Waals surface area contributed by atoms with Crippen LogP contribution in [-0.2, 0) is 17.6 Å². The van der Waals surface area contributed by atoms with E-state index < -0.39 is 0 Å². The van der Waals surface area contributed by atoms with Crippen molar-refractivity contribution in [2.24, 2.45) is 0 Å². The van der Waals surface area contributed by atoms with Crippen molar-refractivity contribution >= 4 is 5.69 Å². The normalized spacial score (nSPS) is 16.2. The zero-order valence-electron chi connectivity index (χ0n) is 14.4. The lowest BCUT2D eigenvalue weighted by atomic mass is 9.79. The standard InChI is InChI=1S/C19H21NO5/c1-23-12-25-17-6-5-13-9-15(4-3-14(13)10-17)18-8-7-16(24-2)11-19(18)20(21)22/h5-8,10-11,15H,3-4,9,12H2,1-2H3. The quantitative estimate of drug-likeness (QED) is 0.452. The number of aryl methyl sites for hydroxylation is 1. The second kappa shape index (κ2) is 7.53. The number of fused-ring (bicyclic) bond motifs is 1. The van der Waals surface area contributed by atoms with E-state index >= 15 is 0 Å². The van der Waals surface area contributed by atoms with Crippen LogP contribution in [0, 0.1) is 10.1 Å². The fourth-order valence-electron chi connectivity index (χ4n) is 3.37. The predicted octanol–water partition coefficient (Wildman–Crippen LogP) is 3.86. The monoisotopic (exact) mass is 343 g/mol. The number of hydrogen-bond donors (Lipinski definition) is 0. The number of rotatable bonds is 6. The van der Waals surface area contributed by atoms with Crippen LogP contribution < -0.4 is 9.47 Å². The molecule has 6 nitrogen and oxygen atoms in total. The summed E-state index contributed by atoms with van der Waals surface area (Å²) in [4.78, 5) is 11.1. The molecule has 132 valence electrons. The molecule has 1 aliphatic carbocycles. The van der Waals surface area contributed by atoms with E-state index in [0.29, 0.717) is 5.75 Å². The molecule has 0 saturated heterocycles. The molecule has 25 heavy (non-hydrogen) atoms. The van der Waals surface area contributed by atoms with Gasteiger partial charge in [-0.2, -0.15) is 0 Å². The van der Waals surface area contributed by atoms with Gasteiger partial charge in [0.25, 0.3) is 5.69 Å². The summed E-state index contributed by atoms with van der Waals surface area (Å²) in [6, 6.07) is 11.1. The summed E-state index contributed by atoms with van der Waals surface area (Å²) in [5, 5.41) is 11.4. The third-order valence-corrected chi connectivity index (χ3v) is 4.62. The van der Waals surface area contributed by atoms with Gasteiger partial charge in [-0.25, -0.2) is 0 Å². The summed E-state index contributed by atoms with van der Waals surface area (Å²) in [5.74, 6) is 1.42. The average molecular weight is 343 g/mol. The van der Waals surface area contributed by atoms with Gasteiger partial charge in [-0.05, 0) is 60.6 Å². The van der Waals surface area contributed by atoms with Crippen LogP contribution in [-0.4, -0.2) is 25.9 Å². The van der Waals surface area contributed by atoms with Gasteiger partial charge in [-0.3, -0.25) is 10.1 Å². The van der Waals surface area contributed by atoms with Crippen molar-refractivity contribution in [3.8, 4) is 11.5 Å². The minimum Gasteiger partial charge on any atom is -0.497 e. The molecule has 0 heterocycles. The maximum Gasteiger partial charge on any atom is 0.276 e. The zero-order chi connectivity index (χ0) is 17.8. The minimum atomic E-state index is -0.324. The third-order valence-electron chi connectivity index (χ3n) is 4.62. The Balaban J connectivity index is 1.84. The van der Waals surface area contributed by atoms with Gasteiger partial charge >= 0.3 is 0 Å². The first kappa shape index (κ1) is 17.2. The van der Waals surface area contributed by atoms with Crippen molar-refractivity contribution in [1.82, 2.24) is 0 Å². The summed E-state index contributed by atoms with van der Waals surface area (Å²) in [7, 11) is 3.10. The molecule has 6 heteroatoms. The molecule has 2 aromatic rings. The lowest BCUT2D eigenvalue weighted by Gasteiger charge is -2.25. The SMILES string of the molecule is COCOc1ccc2c(c1)CCC(c1ccc(OC)cc1[N+](=O)[O-])C2. The van der Waals surface area contributed by atoms with Crippen molar-refractivity contribution in [1.29, 1.82) is 0 Å². The molecule has 2 aromatic carbocycles. The molecule has 0 aliphatic heterocycles. The number of nitro benzene ring substituents is 1. The summed E-state index contributed by atoms with van der Waals surface area (Å²) < 4.78 is 15.5. The Kier molecular flexibility index (Phi) is 5.19. The van der Waals surface area contributed by atoms with Gasteiger partial charge in [0.05, 0.1) is 18.1 Å². The lowest BCUT2D eigenvalue weighted by Crippen LogP contribution is -2.14. The van der Waals surface area contributed by atoms with E-state index in [2.05, 4.69) is 0 Å². The van der Waals surface area contributed by atoms with E-state index in [-0.39, 0.29) is 23.3 Å². The molecular formula is C19H21NO5. The van der Waals surface area contributed by atoms with Crippen LogP contribution in [0.1, 0.15) is 29.0 Å². The van der Waals surface area contributed by atoms with Crippen LogP contribution in [0.3, 0.4) is 0 Å². The number of nitrogens with zero attached hydrogens (tertiary/aromatic N) is 1. The summed E-state index contributed by atoms with van der Waals surface area (Å²) in [6.45, 7) is 0.222. The topological polar surface area (TPSA) is 70.8 Å². The highest BCUT2D eigenvalue weighted by Crippen LogP contribution is 2.39. The molecule has 0 amide bonds. The van der Waals surface area contributed by atoms with Crippen LogP contribution in [0.2, 0.25) is 0 Å².